The highest BCUT2D eigenvalue weighted by atomic mass is 16.2. The molecule has 1 aliphatic carbocycles. The molecule has 1 saturated carbocycles. The van der Waals surface area contributed by atoms with Crippen LogP contribution in [0.15, 0.2) is 30.7 Å². The van der Waals surface area contributed by atoms with Crippen LogP contribution in [0.25, 0.3) is 5.65 Å². The number of aromatic nitrogens is 5. The van der Waals surface area contributed by atoms with Crippen molar-refractivity contribution in [1.29, 1.82) is 0 Å². The lowest BCUT2D eigenvalue weighted by Gasteiger charge is -2.37. The van der Waals surface area contributed by atoms with Crippen LogP contribution in [0.1, 0.15) is 19.8 Å². The van der Waals surface area contributed by atoms with Gasteiger partial charge in [0.15, 0.2) is 5.65 Å². The Bertz CT molecular complexity index is 1160. The third kappa shape index (κ3) is 4.00. The standard InChI is InChI=1S/C24H33N9O/c1-17-18-5-6-19(17)14-31(13-18)21-4-3-7-33-23(21)27-24(28-33)26-20-12-25-32(15-20)16-22(34)30-10-8-29(2)9-11-30/h3-4,7,12,15,17-19H,5-6,8-11,13-14,16H2,1-2H3,(H,26,28)/t17-,18+,19-. The minimum atomic E-state index is 0.100. The Morgan fingerprint density at radius 2 is 1.91 bits per heavy atom. The van der Waals surface area contributed by atoms with Crippen LogP contribution in [0.4, 0.5) is 17.3 Å². The average molecular weight is 464 g/mol. The number of piperazine rings is 1. The average Bonchev–Trinajstić information content (AvgIpc) is 3.49. The highest BCUT2D eigenvalue weighted by Gasteiger charge is 2.39. The lowest BCUT2D eigenvalue weighted by Crippen LogP contribution is -2.48. The van der Waals surface area contributed by atoms with Crippen molar-refractivity contribution in [3.05, 3.63) is 30.7 Å². The fourth-order valence-electron chi connectivity index (χ4n) is 5.82. The first-order valence-electron chi connectivity index (χ1n) is 12.4. The van der Waals surface area contributed by atoms with Crippen molar-refractivity contribution in [3.8, 4) is 0 Å². The highest BCUT2D eigenvalue weighted by molar-refractivity contribution is 5.76. The number of rotatable bonds is 5. The van der Waals surface area contributed by atoms with Crippen molar-refractivity contribution in [2.24, 2.45) is 17.8 Å². The minimum Gasteiger partial charge on any atom is -0.368 e. The molecule has 10 nitrogen and oxygen atoms in total. The highest BCUT2D eigenvalue weighted by Crippen LogP contribution is 2.43. The zero-order valence-electron chi connectivity index (χ0n) is 20.0. The summed E-state index contributed by atoms with van der Waals surface area (Å²) in [5, 5.41) is 12.3. The van der Waals surface area contributed by atoms with Crippen LogP contribution in [0.3, 0.4) is 0 Å². The van der Waals surface area contributed by atoms with Gasteiger partial charge in [0.25, 0.3) is 0 Å². The monoisotopic (exact) mass is 463 g/mol. The number of hydrogen-bond donors (Lipinski definition) is 1. The van der Waals surface area contributed by atoms with Crippen molar-refractivity contribution in [3.63, 3.8) is 0 Å². The molecule has 0 radical (unpaired) electrons. The second-order valence-corrected chi connectivity index (χ2v) is 10.2. The van der Waals surface area contributed by atoms with Crippen LogP contribution in [-0.4, -0.2) is 86.4 Å². The molecule has 0 unspecified atom stereocenters. The van der Waals surface area contributed by atoms with Gasteiger partial charge in [0.1, 0.15) is 6.54 Å². The largest absolute Gasteiger partial charge is 0.368 e. The van der Waals surface area contributed by atoms with E-state index in [0.29, 0.717) is 5.95 Å². The van der Waals surface area contributed by atoms with E-state index >= 15 is 0 Å². The molecule has 3 atom stereocenters. The number of pyridine rings is 1. The maximum atomic E-state index is 12.6. The molecule has 3 aromatic rings. The second kappa shape index (κ2) is 8.57. The molecule has 3 fully saturated rings. The third-order valence-corrected chi connectivity index (χ3v) is 8.03. The van der Waals surface area contributed by atoms with E-state index in [1.807, 2.05) is 27.9 Å². The molecule has 1 amide bonds. The summed E-state index contributed by atoms with van der Waals surface area (Å²) in [6, 6.07) is 4.20. The Kier molecular flexibility index (Phi) is 5.40. The maximum absolute atomic E-state index is 12.6. The molecule has 0 spiro atoms. The van der Waals surface area contributed by atoms with Gasteiger partial charge in [0.05, 0.1) is 17.6 Å². The summed E-state index contributed by atoms with van der Waals surface area (Å²) < 4.78 is 3.52. The first kappa shape index (κ1) is 21.4. The van der Waals surface area contributed by atoms with Gasteiger partial charge in [-0.1, -0.05) is 6.92 Å². The summed E-state index contributed by atoms with van der Waals surface area (Å²) in [6.07, 6.45) is 8.17. The second-order valence-electron chi connectivity index (χ2n) is 10.2. The number of nitrogens with one attached hydrogen (secondary N) is 1. The molecule has 2 bridgehead atoms. The first-order chi connectivity index (χ1) is 16.5. The quantitative estimate of drug-likeness (QED) is 0.619. The number of likely N-dealkylation sites (N-methyl/N-ethyl adjacent to an activating group) is 1. The molecule has 2 aliphatic heterocycles. The van der Waals surface area contributed by atoms with Gasteiger partial charge in [-0.2, -0.15) is 10.1 Å². The molecule has 3 aliphatic rings. The van der Waals surface area contributed by atoms with Crippen molar-refractivity contribution in [2.75, 3.05) is 56.5 Å². The van der Waals surface area contributed by atoms with Crippen LogP contribution < -0.4 is 10.2 Å². The summed E-state index contributed by atoms with van der Waals surface area (Å²) >= 11 is 0. The van der Waals surface area contributed by atoms with E-state index in [-0.39, 0.29) is 12.5 Å². The zero-order valence-corrected chi connectivity index (χ0v) is 20.0. The molecule has 1 N–H and O–H groups in total. The van der Waals surface area contributed by atoms with Crippen molar-refractivity contribution in [2.45, 2.75) is 26.3 Å². The van der Waals surface area contributed by atoms with Crippen molar-refractivity contribution in [1.82, 2.24) is 34.2 Å². The SMILES string of the molecule is C[C@H]1[C@@H]2CC[C@H]1CN(c1cccn3nc(Nc4cnn(CC(=O)N5CCN(C)CC5)c4)nc13)C2. The molecule has 5 heterocycles. The molecule has 34 heavy (non-hydrogen) atoms. The number of carbonyl (C=O) groups excluding carboxylic acids is 1. The van der Waals surface area contributed by atoms with Gasteiger partial charge >= 0.3 is 0 Å². The molecule has 2 saturated heterocycles. The summed E-state index contributed by atoms with van der Waals surface area (Å²) in [7, 11) is 2.08. The molecular formula is C24H33N9O. The van der Waals surface area contributed by atoms with Gasteiger partial charge in [0, 0.05) is 51.7 Å². The summed E-state index contributed by atoms with van der Waals surface area (Å²) in [6.45, 7) is 8.22. The Morgan fingerprint density at radius 1 is 1.15 bits per heavy atom. The number of hydrogen-bond acceptors (Lipinski definition) is 7. The number of nitrogens with zero attached hydrogens (tertiary/aromatic N) is 8. The van der Waals surface area contributed by atoms with E-state index in [2.05, 4.69) is 45.4 Å². The van der Waals surface area contributed by atoms with E-state index in [1.54, 1.807) is 10.9 Å². The number of amides is 1. The van der Waals surface area contributed by atoms with Crippen LogP contribution in [0.5, 0.6) is 0 Å². The van der Waals surface area contributed by atoms with Gasteiger partial charge in [0.2, 0.25) is 11.9 Å². The van der Waals surface area contributed by atoms with Gasteiger partial charge < -0.3 is 20.0 Å². The number of anilines is 3. The van der Waals surface area contributed by atoms with Crippen molar-refractivity contribution < 1.29 is 4.79 Å². The van der Waals surface area contributed by atoms with Gasteiger partial charge in [-0.05, 0) is 49.8 Å². The predicted octanol–water partition coefficient (Wildman–Crippen LogP) is 1.93. The van der Waals surface area contributed by atoms with Crippen LogP contribution in [0, 0.1) is 17.8 Å². The lowest BCUT2D eigenvalue weighted by atomic mass is 9.87. The fourth-order valence-corrected chi connectivity index (χ4v) is 5.82. The van der Waals surface area contributed by atoms with Gasteiger partial charge in [-0.15, -0.1) is 5.10 Å². The smallest absolute Gasteiger partial charge is 0.247 e. The van der Waals surface area contributed by atoms with Crippen LogP contribution >= 0.6 is 0 Å². The van der Waals surface area contributed by atoms with Crippen LogP contribution in [-0.2, 0) is 11.3 Å². The number of fused-ring (bicyclic) bond motifs is 3. The van der Waals surface area contributed by atoms with E-state index in [1.165, 1.54) is 12.8 Å². The van der Waals surface area contributed by atoms with E-state index in [4.69, 9.17) is 4.98 Å². The van der Waals surface area contributed by atoms with E-state index in [0.717, 1.165) is 74.0 Å². The fraction of sp³-hybridized carbons (Fsp3) is 0.583. The minimum absolute atomic E-state index is 0.100. The van der Waals surface area contributed by atoms with E-state index < -0.39 is 0 Å². The molecule has 0 aromatic carbocycles. The molecule has 10 heteroatoms. The van der Waals surface area contributed by atoms with Gasteiger partial charge in [-0.25, -0.2) is 4.52 Å². The Morgan fingerprint density at radius 3 is 2.68 bits per heavy atom. The summed E-state index contributed by atoms with van der Waals surface area (Å²) in [5.74, 6) is 3.01. The summed E-state index contributed by atoms with van der Waals surface area (Å²) in [5.41, 5.74) is 2.80. The topological polar surface area (TPSA) is 86.8 Å². The maximum Gasteiger partial charge on any atom is 0.247 e. The zero-order chi connectivity index (χ0) is 23.2. The Balaban J connectivity index is 1.14. The molecule has 180 valence electrons. The number of piperidine rings is 1. The molecular weight excluding hydrogens is 430 g/mol. The Hall–Kier alpha value is -3.14. The lowest BCUT2D eigenvalue weighted by molar-refractivity contribution is -0.133. The van der Waals surface area contributed by atoms with Crippen LogP contribution in [0.2, 0.25) is 0 Å². The predicted molar refractivity (Wildman–Crippen MR) is 130 cm³/mol. The first-order valence-corrected chi connectivity index (χ1v) is 12.4. The van der Waals surface area contributed by atoms with Crippen molar-refractivity contribution >= 4 is 28.9 Å². The third-order valence-electron chi connectivity index (χ3n) is 8.03. The molecule has 6 rings (SSSR count). The number of carbonyl (C=O) groups is 1. The Labute approximate surface area is 199 Å². The van der Waals surface area contributed by atoms with Gasteiger partial charge in [-0.3, -0.25) is 9.48 Å². The normalized spacial score (nSPS) is 25.3. The van der Waals surface area contributed by atoms with E-state index in [9.17, 15) is 4.79 Å². The molecule has 3 aromatic heterocycles. The summed E-state index contributed by atoms with van der Waals surface area (Å²) in [4.78, 5) is 24.1.